The van der Waals surface area contributed by atoms with Gasteiger partial charge in [-0.25, -0.2) is 8.78 Å². The molecule has 2 aromatic rings. The zero-order valence-corrected chi connectivity index (χ0v) is 12.4. The van der Waals surface area contributed by atoms with Crippen LogP contribution < -0.4 is 10.3 Å². The molecule has 0 aliphatic carbocycles. The van der Waals surface area contributed by atoms with Crippen LogP contribution in [0.4, 0.5) is 8.78 Å². The first kappa shape index (κ1) is 16.2. The Balaban J connectivity index is 2.39. The summed E-state index contributed by atoms with van der Waals surface area (Å²) in [5.74, 6) is 0.598. The molecule has 1 aromatic carbocycles. The van der Waals surface area contributed by atoms with Gasteiger partial charge in [0, 0.05) is 12.7 Å². The molecule has 1 heterocycles. The van der Waals surface area contributed by atoms with Crippen LogP contribution in [0.25, 0.3) is 11.3 Å². The average molecular weight is 309 g/mol. The molecule has 4 nitrogen and oxygen atoms in total. The highest BCUT2D eigenvalue weighted by Gasteiger charge is 2.13. The SMILES string of the molecule is COCOc1ccc(-c2ccc(C)c(=O)n2CC(F)F)cc1. The smallest absolute Gasteiger partial charge is 0.256 e. The molecule has 1 aromatic heterocycles. The summed E-state index contributed by atoms with van der Waals surface area (Å²) >= 11 is 0. The number of nitrogens with zero attached hydrogens (tertiary/aromatic N) is 1. The van der Waals surface area contributed by atoms with E-state index in [1.165, 1.54) is 7.11 Å². The van der Waals surface area contributed by atoms with Gasteiger partial charge in [0.15, 0.2) is 6.79 Å². The van der Waals surface area contributed by atoms with Gasteiger partial charge in [0.25, 0.3) is 12.0 Å². The lowest BCUT2D eigenvalue weighted by Gasteiger charge is -2.14. The average Bonchev–Trinajstić information content (AvgIpc) is 2.50. The van der Waals surface area contributed by atoms with Crippen LogP contribution in [0.2, 0.25) is 0 Å². The van der Waals surface area contributed by atoms with Crippen molar-refractivity contribution in [3.05, 3.63) is 52.3 Å². The minimum absolute atomic E-state index is 0.125. The summed E-state index contributed by atoms with van der Waals surface area (Å²) in [6, 6.07) is 10.1. The first-order chi connectivity index (χ1) is 10.5. The molecule has 0 N–H and O–H groups in total. The van der Waals surface area contributed by atoms with Crippen LogP contribution in [-0.2, 0) is 11.3 Å². The first-order valence-corrected chi connectivity index (χ1v) is 6.73. The van der Waals surface area contributed by atoms with Crippen LogP contribution in [0.15, 0.2) is 41.2 Å². The number of ether oxygens (including phenoxy) is 2. The van der Waals surface area contributed by atoms with Gasteiger partial charge in [-0.15, -0.1) is 0 Å². The van der Waals surface area contributed by atoms with E-state index < -0.39 is 18.5 Å². The number of benzene rings is 1. The molecular formula is C16H17F2NO3. The Morgan fingerprint density at radius 3 is 2.41 bits per heavy atom. The number of hydrogen-bond donors (Lipinski definition) is 0. The van der Waals surface area contributed by atoms with Gasteiger partial charge in [0.2, 0.25) is 0 Å². The van der Waals surface area contributed by atoms with Crippen molar-refractivity contribution in [2.75, 3.05) is 13.9 Å². The number of pyridine rings is 1. The van der Waals surface area contributed by atoms with Gasteiger partial charge in [-0.2, -0.15) is 0 Å². The summed E-state index contributed by atoms with van der Waals surface area (Å²) in [5.41, 5.74) is 1.15. The van der Waals surface area contributed by atoms with Gasteiger partial charge in [-0.3, -0.25) is 4.79 Å². The monoisotopic (exact) mass is 309 g/mol. The summed E-state index contributed by atoms with van der Waals surface area (Å²) in [7, 11) is 1.52. The fraction of sp³-hybridized carbons (Fsp3) is 0.312. The van der Waals surface area contributed by atoms with E-state index >= 15 is 0 Å². The fourth-order valence-corrected chi connectivity index (χ4v) is 2.11. The number of alkyl halides is 2. The molecule has 6 heteroatoms. The van der Waals surface area contributed by atoms with Gasteiger partial charge in [-0.1, -0.05) is 6.07 Å². The van der Waals surface area contributed by atoms with Gasteiger partial charge in [0.05, 0.1) is 12.2 Å². The number of aromatic nitrogens is 1. The van der Waals surface area contributed by atoms with E-state index in [2.05, 4.69) is 0 Å². The molecule has 0 radical (unpaired) electrons. The molecule has 0 saturated heterocycles. The van der Waals surface area contributed by atoms with E-state index in [4.69, 9.17) is 9.47 Å². The van der Waals surface area contributed by atoms with E-state index in [1.807, 2.05) is 0 Å². The minimum Gasteiger partial charge on any atom is -0.468 e. The van der Waals surface area contributed by atoms with Crippen molar-refractivity contribution in [3.63, 3.8) is 0 Å². The van der Waals surface area contributed by atoms with Crippen LogP contribution >= 0.6 is 0 Å². The van der Waals surface area contributed by atoms with E-state index in [9.17, 15) is 13.6 Å². The van der Waals surface area contributed by atoms with Crippen molar-refractivity contribution < 1.29 is 18.3 Å². The zero-order valence-electron chi connectivity index (χ0n) is 12.4. The number of hydrogen-bond acceptors (Lipinski definition) is 3. The van der Waals surface area contributed by atoms with Crippen molar-refractivity contribution in [2.45, 2.75) is 19.9 Å². The van der Waals surface area contributed by atoms with Gasteiger partial charge in [-0.05, 0) is 42.8 Å². The third kappa shape index (κ3) is 3.71. The van der Waals surface area contributed by atoms with Crippen LogP contribution in [0.1, 0.15) is 5.56 Å². The Bertz CT molecular complexity index is 681. The summed E-state index contributed by atoms with van der Waals surface area (Å²) in [6.45, 7) is 1.10. The van der Waals surface area contributed by atoms with Crippen molar-refractivity contribution in [2.24, 2.45) is 0 Å². The summed E-state index contributed by atoms with van der Waals surface area (Å²) in [5, 5.41) is 0. The maximum Gasteiger partial charge on any atom is 0.256 e. The van der Waals surface area contributed by atoms with E-state index in [0.29, 0.717) is 22.6 Å². The molecule has 0 spiro atoms. The molecule has 0 bridgehead atoms. The molecule has 0 aliphatic heterocycles. The third-order valence-corrected chi connectivity index (χ3v) is 3.18. The lowest BCUT2D eigenvalue weighted by atomic mass is 10.1. The van der Waals surface area contributed by atoms with Crippen LogP contribution in [-0.4, -0.2) is 24.9 Å². The highest BCUT2D eigenvalue weighted by atomic mass is 19.3. The quantitative estimate of drug-likeness (QED) is 0.770. The summed E-state index contributed by atoms with van der Waals surface area (Å²) in [6.07, 6.45) is -2.59. The molecule has 0 atom stereocenters. The largest absolute Gasteiger partial charge is 0.468 e. The second-order valence-electron chi connectivity index (χ2n) is 4.78. The van der Waals surface area contributed by atoms with Crippen LogP contribution in [0.3, 0.4) is 0 Å². The second kappa shape index (κ2) is 7.17. The molecule has 0 fully saturated rings. The number of halogens is 2. The maximum atomic E-state index is 12.7. The zero-order chi connectivity index (χ0) is 16.1. The number of aryl methyl sites for hydroxylation is 1. The lowest BCUT2D eigenvalue weighted by molar-refractivity contribution is 0.0511. The first-order valence-electron chi connectivity index (χ1n) is 6.73. The third-order valence-electron chi connectivity index (χ3n) is 3.18. The standard InChI is InChI=1S/C16H17F2NO3/c1-11-3-8-14(19(16(11)20)9-15(17)18)12-4-6-13(7-5-12)22-10-21-2/h3-8,15H,9-10H2,1-2H3. The van der Waals surface area contributed by atoms with Gasteiger partial charge in [0.1, 0.15) is 5.75 Å². The molecule has 118 valence electrons. The predicted octanol–water partition coefficient (Wildman–Crippen LogP) is 3.07. The molecule has 0 aliphatic rings. The highest BCUT2D eigenvalue weighted by molar-refractivity contribution is 5.61. The Hall–Kier alpha value is -2.21. The van der Waals surface area contributed by atoms with Crippen LogP contribution in [0.5, 0.6) is 5.75 Å². The Morgan fingerprint density at radius 2 is 1.82 bits per heavy atom. The maximum absolute atomic E-state index is 12.7. The number of methoxy groups -OCH3 is 1. The van der Waals surface area contributed by atoms with Gasteiger partial charge >= 0.3 is 0 Å². The van der Waals surface area contributed by atoms with Gasteiger partial charge < -0.3 is 14.0 Å². The Morgan fingerprint density at radius 1 is 1.14 bits per heavy atom. The molecule has 0 unspecified atom stereocenters. The van der Waals surface area contributed by atoms with Crippen molar-refractivity contribution in [3.8, 4) is 17.0 Å². The Labute approximate surface area is 126 Å². The molecule has 22 heavy (non-hydrogen) atoms. The molecule has 0 amide bonds. The van der Waals surface area contributed by atoms with E-state index in [1.54, 1.807) is 43.3 Å². The summed E-state index contributed by atoms with van der Waals surface area (Å²) < 4.78 is 36.7. The van der Waals surface area contributed by atoms with Crippen molar-refractivity contribution >= 4 is 0 Å². The lowest BCUT2D eigenvalue weighted by Crippen LogP contribution is -2.26. The van der Waals surface area contributed by atoms with E-state index in [0.717, 1.165) is 4.57 Å². The van der Waals surface area contributed by atoms with E-state index in [-0.39, 0.29) is 6.79 Å². The van der Waals surface area contributed by atoms with Crippen molar-refractivity contribution in [1.29, 1.82) is 0 Å². The normalized spacial score (nSPS) is 11.0. The summed E-state index contributed by atoms with van der Waals surface area (Å²) in [4.78, 5) is 12.1. The van der Waals surface area contributed by atoms with Crippen molar-refractivity contribution in [1.82, 2.24) is 4.57 Å². The predicted molar refractivity (Wildman–Crippen MR) is 79.4 cm³/mol. The minimum atomic E-state index is -2.59. The molecule has 0 saturated carbocycles. The Kier molecular flexibility index (Phi) is 5.27. The number of rotatable bonds is 6. The molecular weight excluding hydrogens is 292 g/mol. The fourth-order valence-electron chi connectivity index (χ4n) is 2.11. The molecule has 2 rings (SSSR count). The second-order valence-corrected chi connectivity index (χ2v) is 4.78. The highest BCUT2D eigenvalue weighted by Crippen LogP contribution is 2.22. The topological polar surface area (TPSA) is 40.5 Å². The van der Waals surface area contributed by atoms with Crippen LogP contribution in [0, 0.1) is 6.92 Å².